The van der Waals surface area contributed by atoms with Gasteiger partial charge in [-0.25, -0.2) is 9.37 Å². The van der Waals surface area contributed by atoms with E-state index in [-0.39, 0.29) is 0 Å². The summed E-state index contributed by atoms with van der Waals surface area (Å²) in [4.78, 5) is 12.2. The topological polar surface area (TPSA) is 64.7 Å². The predicted octanol–water partition coefficient (Wildman–Crippen LogP) is 0.591. The Hall–Kier alpha value is -2.57. The Morgan fingerprint density at radius 3 is 2.79 bits per heavy atom. The summed E-state index contributed by atoms with van der Waals surface area (Å²) in [5.74, 6) is 0.268. The second-order valence-electron chi connectivity index (χ2n) is 4.04. The molecule has 0 aliphatic rings. The van der Waals surface area contributed by atoms with Crippen LogP contribution in [0.3, 0.4) is 0 Å². The highest BCUT2D eigenvalue weighted by Gasteiger charge is 2.11. The van der Waals surface area contributed by atoms with Crippen molar-refractivity contribution >= 4 is 13.3 Å². The van der Waals surface area contributed by atoms with Crippen LogP contribution in [0.5, 0.6) is 0 Å². The quantitative estimate of drug-likeness (QED) is 0.626. The lowest BCUT2D eigenvalue weighted by atomic mass is 9.97. The van der Waals surface area contributed by atoms with E-state index < -0.39 is 5.82 Å². The Morgan fingerprint density at radius 2 is 2.05 bits per heavy atom. The van der Waals surface area contributed by atoms with Gasteiger partial charge in [-0.3, -0.25) is 4.98 Å². The normalized spacial score (nSPS) is 10.6. The zero-order valence-electron chi connectivity index (χ0n) is 10.0. The highest BCUT2D eigenvalue weighted by molar-refractivity contribution is 6.32. The smallest absolute Gasteiger partial charge is 0.259 e. The molecule has 0 aliphatic carbocycles. The highest BCUT2D eigenvalue weighted by atomic mass is 19.1. The number of pyridine rings is 2. The molecule has 0 amide bonds. The third-order valence-electron chi connectivity index (χ3n) is 2.50. The van der Waals surface area contributed by atoms with Crippen molar-refractivity contribution in [2.24, 2.45) is 0 Å². The van der Waals surface area contributed by atoms with Crippen LogP contribution in [-0.2, 0) is 0 Å². The lowest BCUT2D eigenvalue weighted by Gasteiger charge is -1.94. The molecule has 3 aromatic rings. The average molecular weight is 254 g/mol. The van der Waals surface area contributed by atoms with Gasteiger partial charge in [-0.2, -0.15) is 4.98 Å². The Morgan fingerprint density at radius 1 is 1.16 bits per heavy atom. The zero-order valence-corrected chi connectivity index (χ0v) is 10.0. The third kappa shape index (κ3) is 2.35. The van der Waals surface area contributed by atoms with E-state index in [2.05, 4.69) is 20.1 Å². The van der Waals surface area contributed by atoms with Gasteiger partial charge in [0.2, 0.25) is 5.82 Å². The molecule has 0 bridgehead atoms. The summed E-state index contributed by atoms with van der Waals surface area (Å²) in [5, 5.41) is 3.82. The van der Waals surface area contributed by atoms with Gasteiger partial charge in [-0.15, -0.1) is 0 Å². The molecule has 3 aromatic heterocycles. The van der Waals surface area contributed by atoms with Crippen molar-refractivity contribution in [1.29, 1.82) is 0 Å². The zero-order chi connectivity index (χ0) is 13.2. The Kier molecular flexibility index (Phi) is 2.79. The van der Waals surface area contributed by atoms with Crippen LogP contribution >= 0.6 is 0 Å². The van der Waals surface area contributed by atoms with Crippen molar-refractivity contribution in [3.05, 3.63) is 42.6 Å². The second kappa shape index (κ2) is 4.60. The van der Waals surface area contributed by atoms with Crippen molar-refractivity contribution < 1.29 is 8.91 Å². The minimum Gasteiger partial charge on any atom is -0.333 e. The fourth-order valence-corrected chi connectivity index (χ4v) is 1.62. The van der Waals surface area contributed by atoms with Crippen molar-refractivity contribution in [3.63, 3.8) is 0 Å². The number of hydrogen-bond acceptors (Lipinski definition) is 5. The molecule has 19 heavy (non-hydrogen) atoms. The molecule has 0 fully saturated rings. The van der Waals surface area contributed by atoms with Crippen molar-refractivity contribution in [1.82, 2.24) is 20.1 Å². The van der Waals surface area contributed by atoms with Crippen LogP contribution in [0, 0.1) is 5.82 Å². The fraction of sp³-hybridized carbons (Fsp3) is 0. The lowest BCUT2D eigenvalue weighted by molar-refractivity contribution is 0.432. The molecule has 0 spiro atoms. The van der Waals surface area contributed by atoms with Gasteiger partial charge in [0, 0.05) is 12.4 Å². The van der Waals surface area contributed by atoms with Gasteiger partial charge in [0.05, 0.1) is 11.8 Å². The summed E-state index contributed by atoms with van der Waals surface area (Å²) >= 11 is 0. The first kappa shape index (κ1) is 11.5. The van der Waals surface area contributed by atoms with Crippen LogP contribution in [0.2, 0.25) is 0 Å². The summed E-state index contributed by atoms with van der Waals surface area (Å²) in [6, 6.07) is 4.69. The fourth-order valence-electron chi connectivity index (χ4n) is 1.62. The molecular formula is C12H8BFN4O. The number of halogens is 1. The number of aromatic nitrogens is 4. The minimum atomic E-state index is -0.407. The summed E-state index contributed by atoms with van der Waals surface area (Å²) in [6.45, 7) is 0. The largest absolute Gasteiger partial charge is 0.333 e. The molecule has 0 N–H and O–H groups in total. The van der Waals surface area contributed by atoms with Gasteiger partial charge in [0.1, 0.15) is 19.4 Å². The molecule has 0 radical (unpaired) electrons. The number of hydrogen-bond donors (Lipinski definition) is 0. The van der Waals surface area contributed by atoms with Crippen LogP contribution in [0.1, 0.15) is 0 Å². The first-order chi connectivity index (χ1) is 9.22. The molecule has 3 rings (SSSR count). The van der Waals surface area contributed by atoms with Gasteiger partial charge in [0.15, 0.2) is 0 Å². The van der Waals surface area contributed by atoms with Crippen molar-refractivity contribution in [2.75, 3.05) is 0 Å². The van der Waals surface area contributed by atoms with E-state index in [1.54, 1.807) is 12.4 Å². The molecule has 0 saturated carbocycles. The molecule has 7 heteroatoms. The average Bonchev–Trinajstić information content (AvgIpc) is 2.89. The molecule has 3 heterocycles. The molecule has 5 nitrogen and oxygen atoms in total. The molecule has 92 valence electrons. The van der Waals surface area contributed by atoms with Crippen LogP contribution in [0.25, 0.3) is 23.0 Å². The Bertz CT molecular complexity index is 714. The molecule has 0 aromatic carbocycles. The second-order valence-corrected chi connectivity index (χ2v) is 4.04. The lowest BCUT2D eigenvalue weighted by Crippen LogP contribution is -2.02. The van der Waals surface area contributed by atoms with E-state index in [1.807, 2.05) is 13.9 Å². The maximum Gasteiger partial charge on any atom is 0.259 e. The monoisotopic (exact) mass is 254 g/mol. The third-order valence-corrected chi connectivity index (χ3v) is 2.50. The number of nitrogens with zero attached hydrogens (tertiary/aromatic N) is 4. The van der Waals surface area contributed by atoms with Crippen LogP contribution < -0.4 is 5.46 Å². The summed E-state index contributed by atoms with van der Waals surface area (Å²) in [6.07, 6.45) is 4.49. The van der Waals surface area contributed by atoms with E-state index in [1.165, 1.54) is 12.1 Å². The van der Waals surface area contributed by atoms with Crippen LogP contribution in [0.15, 0.2) is 41.3 Å². The van der Waals surface area contributed by atoms with E-state index in [4.69, 9.17) is 4.52 Å². The maximum atomic E-state index is 12.8. The SMILES string of the molecule is Bc1cncc(-c2nc(-c3ccc(F)cn3)no2)c1. The van der Waals surface area contributed by atoms with Crippen molar-refractivity contribution in [3.8, 4) is 23.0 Å². The maximum absolute atomic E-state index is 12.8. The van der Waals surface area contributed by atoms with E-state index >= 15 is 0 Å². The Labute approximate surface area is 108 Å². The standard InChI is InChI=1S/C12H8BFN4O/c13-8-3-7(4-15-5-8)12-17-11(18-19-12)10-2-1-9(14)6-16-10/h1-6H,13H2. The first-order valence-corrected chi connectivity index (χ1v) is 5.60. The van der Waals surface area contributed by atoms with Crippen molar-refractivity contribution in [2.45, 2.75) is 0 Å². The molecular weight excluding hydrogens is 246 g/mol. The van der Waals surface area contributed by atoms with E-state index in [0.717, 1.165) is 17.2 Å². The molecule has 0 saturated heterocycles. The molecule has 0 unspecified atom stereocenters. The summed E-state index contributed by atoms with van der Waals surface area (Å²) < 4.78 is 17.9. The summed E-state index contributed by atoms with van der Waals surface area (Å²) in [7, 11) is 1.93. The first-order valence-electron chi connectivity index (χ1n) is 5.60. The van der Waals surface area contributed by atoms with Gasteiger partial charge in [-0.05, 0) is 12.1 Å². The molecule has 0 atom stereocenters. The van der Waals surface area contributed by atoms with Crippen LogP contribution in [0.4, 0.5) is 4.39 Å². The van der Waals surface area contributed by atoms with Gasteiger partial charge >= 0.3 is 0 Å². The summed E-state index contributed by atoms with van der Waals surface area (Å²) in [5.41, 5.74) is 2.19. The Balaban J connectivity index is 1.97. The van der Waals surface area contributed by atoms with Gasteiger partial charge in [0.25, 0.3) is 5.89 Å². The minimum absolute atomic E-state index is 0.316. The number of rotatable bonds is 2. The van der Waals surface area contributed by atoms with Gasteiger partial charge in [-0.1, -0.05) is 16.7 Å². The van der Waals surface area contributed by atoms with E-state index in [9.17, 15) is 4.39 Å². The molecule has 0 aliphatic heterocycles. The van der Waals surface area contributed by atoms with Gasteiger partial charge < -0.3 is 4.52 Å². The van der Waals surface area contributed by atoms with Crippen LogP contribution in [-0.4, -0.2) is 28.0 Å². The van der Waals surface area contributed by atoms with E-state index in [0.29, 0.717) is 17.4 Å². The predicted molar refractivity (Wildman–Crippen MR) is 68.9 cm³/mol. The highest BCUT2D eigenvalue weighted by Crippen LogP contribution is 2.19.